The molecule has 0 aliphatic carbocycles. The summed E-state index contributed by atoms with van der Waals surface area (Å²) in [6.45, 7) is 1.76. The van der Waals surface area contributed by atoms with Crippen molar-refractivity contribution in [2.45, 2.75) is 24.9 Å². The number of anilines is 2. The largest absolute Gasteiger partial charge is 0.355 e. The van der Waals surface area contributed by atoms with Crippen LogP contribution in [0.5, 0.6) is 0 Å². The van der Waals surface area contributed by atoms with E-state index < -0.39 is 0 Å². The van der Waals surface area contributed by atoms with Gasteiger partial charge in [-0.3, -0.25) is 9.69 Å². The number of hydrogen-bond donors (Lipinski definition) is 1. The van der Waals surface area contributed by atoms with Crippen molar-refractivity contribution in [2.75, 3.05) is 37.4 Å². The van der Waals surface area contributed by atoms with E-state index in [2.05, 4.69) is 30.6 Å². The van der Waals surface area contributed by atoms with E-state index in [-0.39, 0.29) is 24.3 Å². The number of carbonyl (C=O) groups excluding carboxylic acids is 1. The topological polar surface area (TPSA) is 87.1 Å². The molecule has 0 bridgehead atoms. The number of nitrogens with one attached hydrogen (secondary N) is 1. The number of benzene rings is 1. The van der Waals surface area contributed by atoms with Crippen LogP contribution >= 0.6 is 11.3 Å². The van der Waals surface area contributed by atoms with Crippen molar-refractivity contribution in [3.8, 4) is 0 Å². The minimum atomic E-state index is -0.290. The van der Waals surface area contributed by atoms with E-state index in [9.17, 15) is 4.79 Å². The Bertz CT molecular complexity index is 964. The van der Waals surface area contributed by atoms with Gasteiger partial charge in [-0.1, -0.05) is 41.7 Å². The molecule has 0 amide bonds. The smallest absolute Gasteiger partial charge is 0.205 e. The molecule has 0 radical (unpaired) electrons. The number of aromatic nitrogens is 4. The summed E-state index contributed by atoms with van der Waals surface area (Å²) in [4.78, 5) is 17.1. The third-order valence-corrected chi connectivity index (χ3v) is 5.98. The molecule has 1 aliphatic rings. The average Bonchev–Trinajstić information content (AvgIpc) is 3.39. The predicted molar refractivity (Wildman–Crippen MR) is 118 cm³/mol. The van der Waals surface area contributed by atoms with Crippen molar-refractivity contribution in [1.82, 2.24) is 25.3 Å². The summed E-state index contributed by atoms with van der Waals surface area (Å²) >= 11 is 1.45. The fraction of sp³-hybridized carbons (Fsp3) is 0.381. The Morgan fingerprint density at radius 3 is 2.77 bits per heavy atom. The third-order valence-electron chi connectivity index (χ3n) is 5.13. The number of ketones is 1. The van der Waals surface area contributed by atoms with Crippen LogP contribution in [0.25, 0.3) is 0 Å². The molecule has 0 spiro atoms. The Morgan fingerprint density at radius 1 is 1.20 bits per heavy atom. The molecule has 0 saturated carbocycles. The molecular weight excluding hydrogens is 398 g/mol. The molecule has 1 N–H and O–H groups in total. The fourth-order valence-corrected chi connectivity index (χ4v) is 4.59. The Hall–Kier alpha value is -2.91. The summed E-state index contributed by atoms with van der Waals surface area (Å²) in [5, 5.41) is 21.6. The lowest BCUT2D eigenvalue weighted by Crippen LogP contribution is -2.28. The maximum Gasteiger partial charge on any atom is 0.205 e. The van der Waals surface area contributed by atoms with Gasteiger partial charge in [0.05, 0.1) is 12.5 Å². The molecular formula is C21H25N7OS. The fourth-order valence-electron chi connectivity index (χ4n) is 3.76. The van der Waals surface area contributed by atoms with Crippen LogP contribution < -0.4 is 10.2 Å². The minimum absolute atomic E-state index is 0.114. The summed E-state index contributed by atoms with van der Waals surface area (Å²) in [5.41, 5.74) is 0.991. The number of likely N-dealkylation sites (N-methyl/N-ethyl adjacent to an activating group) is 1. The second-order valence-electron chi connectivity index (χ2n) is 7.58. The van der Waals surface area contributed by atoms with Crippen LogP contribution in [0.1, 0.15) is 23.0 Å². The van der Waals surface area contributed by atoms with E-state index in [1.54, 1.807) is 6.20 Å². The Balaban J connectivity index is 1.36. The van der Waals surface area contributed by atoms with Gasteiger partial charge < -0.3 is 10.2 Å². The van der Waals surface area contributed by atoms with Crippen LogP contribution in [0.3, 0.4) is 0 Å². The van der Waals surface area contributed by atoms with E-state index in [0.29, 0.717) is 0 Å². The maximum absolute atomic E-state index is 13.0. The van der Waals surface area contributed by atoms with Crippen molar-refractivity contribution in [1.29, 1.82) is 0 Å². The molecule has 2 aromatic heterocycles. The van der Waals surface area contributed by atoms with Crippen molar-refractivity contribution >= 4 is 28.1 Å². The predicted octanol–water partition coefficient (Wildman–Crippen LogP) is 2.43. The molecule has 1 fully saturated rings. The zero-order valence-corrected chi connectivity index (χ0v) is 17.9. The van der Waals surface area contributed by atoms with Crippen LogP contribution in [-0.4, -0.2) is 64.3 Å². The van der Waals surface area contributed by atoms with Crippen LogP contribution in [0.15, 0.2) is 48.7 Å². The molecule has 4 rings (SSSR count). The van der Waals surface area contributed by atoms with E-state index in [1.807, 2.05) is 61.5 Å². The molecule has 1 saturated heterocycles. The van der Waals surface area contributed by atoms with Gasteiger partial charge in [-0.2, -0.15) is 5.10 Å². The molecule has 3 aromatic rings. The number of hydrogen-bond acceptors (Lipinski definition) is 9. The molecule has 1 aliphatic heterocycles. The lowest BCUT2D eigenvalue weighted by molar-refractivity contribution is -0.123. The van der Waals surface area contributed by atoms with Crippen molar-refractivity contribution < 1.29 is 4.79 Å². The number of carbonyl (C=O) groups is 1. The van der Waals surface area contributed by atoms with Gasteiger partial charge in [-0.05, 0) is 38.2 Å². The van der Waals surface area contributed by atoms with E-state index in [0.717, 1.165) is 41.0 Å². The third kappa shape index (κ3) is 4.80. The summed E-state index contributed by atoms with van der Waals surface area (Å²) in [5.74, 6) is 1.00. The molecule has 1 aromatic carbocycles. The van der Waals surface area contributed by atoms with Gasteiger partial charge in [0.2, 0.25) is 5.13 Å². The Morgan fingerprint density at radius 2 is 2.03 bits per heavy atom. The highest BCUT2D eigenvalue weighted by Crippen LogP contribution is 2.25. The summed E-state index contributed by atoms with van der Waals surface area (Å²) in [6.07, 6.45) is 2.94. The zero-order chi connectivity index (χ0) is 20.9. The second-order valence-corrected chi connectivity index (χ2v) is 8.64. The Labute approximate surface area is 180 Å². The first-order valence-corrected chi connectivity index (χ1v) is 10.8. The van der Waals surface area contributed by atoms with Gasteiger partial charge in [-0.25, -0.2) is 0 Å². The van der Waals surface area contributed by atoms with E-state index in [4.69, 9.17) is 0 Å². The summed E-state index contributed by atoms with van der Waals surface area (Å²) in [7, 11) is 3.84. The SMILES string of the molecule is CN(C)[C@H](C(=O)Cc1nnc(N[C@@H]2CCN(c3cccnn3)C2)s1)c1ccccc1. The van der Waals surface area contributed by atoms with Crippen molar-refractivity contribution in [3.63, 3.8) is 0 Å². The van der Waals surface area contributed by atoms with E-state index in [1.165, 1.54) is 11.3 Å². The first kappa shape index (κ1) is 20.4. The number of Topliss-reactive ketones (excluding diaryl/α,β-unsaturated/α-hetero) is 1. The first-order chi connectivity index (χ1) is 14.6. The maximum atomic E-state index is 13.0. The second kappa shape index (κ2) is 9.27. The molecule has 156 valence electrons. The van der Waals surface area contributed by atoms with Crippen LogP contribution in [0, 0.1) is 0 Å². The van der Waals surface area contributed by atoms with Gasteiger partial charge in [0.1, 0.15) is 5.01 Å². The van der Waals surface area contributed by atoms with Gasteiger partial charge >= 0.3 is 0 Å². The van der Waals surface area contributed by atoms with Gasteiger partial charge in [0.25, 0.3) is 0 Å². The number of nitrogens with zero attached hydrogens (tertiary/aromatic N) is 6. The molecule has 8 nitrogen and oxygen atoms in total. The highest BCUT2D eigenvalue weighted by Gasteiger charge is 2.26. The lowest BCUT2D eigenvalue weighted by atomic mass is 10.00. The van der Waals surface area contributed by atoms with Crippen molar-refractivity contribution in [3.05, 3.63) is 59.2 Å². The van der Waals surface area contributed by atoms with E-state index >= 15 is 0 Å². The first-order valence-electron chi connectivity index (χ1n) is 9.96. The summed E-state index contributed by atoms with van der Waals surface area (Å²) in [6, 6.07) is 13.7. The lowest BCUT2D eigenvalue weighted by Gasteiger charge is -2.23. The standard InChI is InChI=1S/C21H25N7OS/c1-27(2)20(15-7-4-3-5-8-15)17(29)13-19-25-26-21(30-19)23-16-10-12-28(14-16)18-9-6-11-22-24-18/h3-9,11,16,20H,10,12-14H2,1-2H3,(H,23,26)/t16-,20+/m1/s1. The van der Waals surface area contributed by atoms with Crippen LogP contribution in [0.4, 0.5) is 10.9 Å². The minimum Gasteiger partial charge on any atom is -0.355 e. The average molecular weight is 424 g/mol. The molecule has 30 heavy (non-hydrogen) atoms. The normalized spacial score (nSPS) is 17.3. The van der Waals surface area contributed by atoms with Crippen LogP contribution in [0.2, 0.25) is 0 Å². The molecule has 9 heteroatoms. The number of rotatable bonds is 8. The molecule has 2 atom stereocenters. The van der Waals surface area contributed by atoms with Gasteiger partial charge in [-0.15, -0.1) is 15.3 Å². The monoisotopic (exact) mass is 423 g/mol. The van der Waals surface area contributed by atoms with Crippen LogP contribution in [-0.2, 0) is 11.2 Å². The van der Waals surface area contributed by atoms with Gasteiger partial charge in [0.15, 0.2) is 11.6 Å². The summed E-state index contributed by atoms with van der Waals surface area (Å²) < 4.78 is 0. The highest BCUT2D eigenvalue weighted by atomic mass is 32.1. The molecule has 0 unspecified atom stereocenters. The van der Waals surface area contributed by atoms with Gasteiger partial charge in [0, 0.05) is 25.3 Å². The molecule has 3 heterocycles. The quantitative estimate of drug-likeness (QED) is 0.591. The highest BCUT2D eigenvalue weighted by molar-refractivity contribution is 7.15. The zero-order valence-electron chi connectivity index (χ0n) is 17.1. The Kier molecular flexibility index (Phi) is 6.29. The van der Waals surface area contributed by atoms with Crippen molar-refractivity contribution in [2.24, 2.45) is 0 Å².